The number of hydrogen-bond acceptors (Lipinski definition) is 4. The summed E-state index contributed by atoms with van der Waals surface area (Å²) in [6.45, 7) is 4.46. The van der Waals surface area contributed by atoms with Crippen LogP contribution >= 0.6 is 12.2 Å². The Morgan fingerprint density at radius 2 is 1.87 bits per heavy atom. The highest BCUT2D eigenvalue weighted by Crippen LogP contribution is 2.31. The lowest BCUT2D eigenvalue weighted by Crippen LogP contribution is -2.32. The number of ether oxygens (including phenoxy) is 1. The van der Waals surface area contributed by atoms with E-state index in [-0.39, 0.29) is 22.8 Å². The number of rotatable bonds is 7. The van der Waals surface area contributed by atoms with Crippen molar-refractivity contribution in [2.45, 2.75) is 26.7 Å². The van der Waals surface area contributed by atoms with Gasteiger partial charge in [-0.15, -0.1) is 0 Å². The van der Waals surface area contributed by atoms with Crippen molar-refractivity contribution in [3.05, 3.63) is 59.7 Å². The van der Waals surface area contributed by atoms with Gasteiger partial charge in [-0.25, -0.2) is 0 Å². The maximum Gasteiger partial charge on any atom is 0.250 e. The monoisotopic (exact) mass is 423 g/mol. The predicted octanol–water partition coefficient (Wildman–Crippen LogP) is 4.27. The molecule has 2 amide bonds. The van der Waals surface area contributed by atoms with Crippen LogP contribution in [0.4, 0.5) is 11.4 Å². The summed E-state index contributed by atoms with van der Waals surface area (Å²) in [6.07, 6.45) is 5.01. The van der Waals surface area contributed by atoms with Gasteiger partial charge < -0.3 is 15.4 Å². The average molecular weight is 424 g/mol. The van der Waals surface area contributed by atoms with E-state index < -0.39 is 0 Å². The van der Waals surface area contributed by atoms with E-state index in [0.717, 1.165) is 35.4 Å². The Morgan fingerprint density at radius 1 is 1.13 bits per heavy atom. The zero-order chi connectivity index (χ0) is 21.5. The van der Waals surface area contributed by atoms with Crippen molar-refractivity contribution in [3.8, 4) is 5.75 Å². The molecule has 2 aromatic carbocycles. The summed E-state index contributed by atoms with van der Waals surface area (Å²) >= 11 is 5.22. The van der Waals surface area contributed by atoms with Crippen LogP contribution in [0.25, 0.3) is 6.08 Å². The molecule has 7 heteroatoms. The Hall–Kier alpha value is -3.19. The van der Waals surface area contributed by atoms with Gasteiger partial charge in [-0.05, 0) is 80.4 Å². The zero-order valence-corrected chi connectivity index (χ0v) is 17.8. The number of hydrogen-bond donors (Lipinski definition) is 3. The lowest BCUT2D eigenvalue weighted by Gasteiger charge is -2.12. The normalized spacial score (nSPS) is 13.0. The summed E-state index contributed by atoms with van der Waals surface area (Å²) < 4.78 is 5.40. The molecule has 2 aromatic rings. The van der Waals surface area contributed by atoms with E-state index in [1.54, 1.807) is 6.08 Å². The van der Waals surface area contributed by atoms with E-state index in [2.05, 4.69) is 16.0 Å². The Bertz CT molecular complexity index is 966. The van der Waals surface area contributed by atoms with Crippen LogP contribution in [-0.2, 0) is 9.59 Å². The summed E-state index contributed by atoms with van der Waals surface area (Å²) in [7, 11) is 0. The Labute approximate surface area is 181 Å². The van der Waals surface area contributed by atoms with Crippen molar-refractivity contribution in [2.24, 2.45) is 5.92 Å². The molecule has 1 aliphatic rings. The molecule has 0 unspecified atom stereocenters. The van der Waals surface area contributed by atoms with Gasteiger partial charge >= 0.3 is 0 Å². The van der Waals surface area contributed by atoms with Gasteiger partial charge in [0.15, 0.2) is 5.11 Å². The van der Waals surface area contributed by atoms with E-state index in [0.29, 0.717) is 12.3 Å². The quantitative estimate of drug-likeness (QED) is 0.458. The van der Waals surface area contributed by atoms with Crippen molar-refractivity contribution in [2.75, 3.05) is 17.2 Å². The van der Waals surface area contributed by atoms with Crippen molar-refractivity contribution >= 4 is 46.6 Å². The molecule has 1 fully saturated rings. The highest BCUT2D eigenvalue weighted by atomic mass is 32.1. The molecule has 1 aliphatic carbocycles. The van der Waals surface area contributed by atoms with Crippen LogP contribution in [0.2, 0.25) is 0 Å². The minimum Gasteiger partial charge on any atom is -0.494 e. The molecule has 0 bridgehead atoms. The van der Waals surface area contributed by atoms with E-state index >= 15 is 0 Å². The highest BCUT2D eigenvalue weighted by molar-refractivity contribution is 7.80. The van der Waals surface area contributed by atoms with Crippen LogP contribution in [0.5, 0.6) is 5.75 Å². The molecule has 3 rings (SSSR count). The maximum atomic E-state index is 12.1. The van der Waals surface area contributed by atoms with E-state index in [1.165, 1.54) is 6.08 Å². The molecule has 3 N–H and O–H groups in total. The number of anilines is 2. The van der Waals surface area contributed by atoms with E-state index in [9.17, 15) is 9.59 Å². The molecule has 156 valence electrons. The third kappa shape index (κ3) is 6.42. The molecule has 0 aromatic heterocycles. The Kier molecular flexibility index (Phi) is 7.19. The number of thiocarbonyl (C=S) groups is 1. The number of carbonyl (C=O) groups excluding carboxylic acids is 2. The summed E-state index contributed by atoms with van der Waals surface area (Å²) in [6, 6.07) is 13.0. The largest absolute Gasteiger partial charge is 0.494 e. The fourth-order valence-corrected chi connectivity index (χ4v) is 2.96. The molecule has 30 heavy (non-hydrogen) atoms. The second-order valence-corrected chi connectivity index (χ2v) is 7.48. The molecular weight excluding hydrogens is 398 g/mol. The first-order valence-corrected chi connectivity index (χ1v) is 10.3. The van der Waals surface area contributed by atoms with Gasteiger partial charge in [0, 0.05) is 23.4 Å². The molecule has 6 nitrogen and oxygen atoms in total. The summed E-state index contributed by atoms with van der Waals surface area (Å²) in [5, 5.41) is 8.72. The Balaban J connectivity index is 1.53. The third-order valence-corrected chi connectivity index (χ3v) is 4.76. The van der Waals surface area contributed by atoms with Gasteiger partial charge in [0.25, 0.3) is 0 Å². The van der Waals surface area contributed by atoms with Gasteiger partial charge in [-0.1, -0.05) is 18.2 Å². The molecule has 0 radical (unpaired) electrons. The van der Waals surface area contributed by atoms with Gasteiger partial charge in [0.1, 0.15) is 5.75 Å². The number of carbonyl (C=O) groups is 2. The Morgan fingerprint density at radius 3 is 2.53 bits per heavy atom. The number of nitrogens with one attached hydrogen (secondary N) is 3. The summed E-state index contributed by atoms with van der Waals surface area (Å²) in [5.74, 6) is 0.625. The topological polar surface area (TPSA) is 79.5 Å². The van der Waals surface area contributed by atoms with Crippen LogP contribution in [0.3, 0.4) is 0 Å². The zero-order valence-electron chi connectivity index (χ0n) is 17.0. The fourth-order valence-electron chi connectivity index (χ4n) is 2.74. The van der Waals surface area contributed by atoms with Gasteiger partial charge in [-0.3, -0.25) is 14.9 Å². The van der Waals surface area contributed by atoms with Crippen molar-refractivity contribution in [3.63, 3.8) is 0 Å². The molecule has 0 aliphatic heterocycles. The average Bonchev–Trinajstić information content (AvgIpc) is 3.55. The van der Waals surface area contributed by atoms with Crippen molar-refractivity contribution in [1.29, 1.82) is 0 Å². The molecule has 0 spiro atoms. The molecule has 0 heterocycles. The highest BCUT2D eigenvalue weighted by Gasteiger charge is 2.29. The lowest BCUT2D eigenvalue weighted by atomic mass is 10.1. The number of amides is 2. The number of benzene rings is 2. The minimum absolute atomic E-state index is 0.0468. The fraction of sp³-hybridized carbons (Fsp3) is 0.261. The lowest BCUT2D eigenvalue weighted by molar-refractivity contribution is -0.117. The maximum absolute atomic E-state index is 12.1. The molecule has 0 atom stereocenters. The van der Waals surface area contributed by atoms with Crippen LogP contribution in [-0.4, -0.2) is 23.5 Å². The van der Waals surface area contributed by atoms with E-state index in [4.69, 9.17) is 17.0 Å². The van der Waals surface area contributed by atoms with Gasteiger partial charge in [0.05, 0.1) is 6.61 Å². The predicted molar refractivity (Wildman–Crippen MR) is 124 cm³/mol. The molecule has 1 saturated carbocycles. The first-order valence-electron chi connectivity index (χ1n) is 9.89. The smallest absolute Gasteiger partial charge is 0.250 e. The SMILES string of the molecule is CCOc1ccc(/C=C/C(=O)NC(=S)Nc2ccc(C)c(NC(=O)C3CC3)c2)cc1. The second-order valence-electron chi connectivity index (χ2n) is 7.07. The summed E-state index contributed by atoms with van der Waals surface area (Å²) in [4.78, 5) is 24.1. The molecular formula is C23H25N3O3S. The number of aryl methyl sites for hydroxylation is 1. The van der Waals surface area contributed by atoms with E-state index in [1.807, 2.05) is 56.3 Å². The summed E-state index contributed by atoms with van der Waals surface area (Å²) in [5.41, 5.74) is 3.26. The first kappa shape index (κ1) is 21.5. The first-order chi connectivity index (χ1) is 14.4. The van der Waals surface area contributed by atoms with Gasteiger partial charge in [-0.2, -0.15) is 0 Å². The minimum atomic E-state index is -0.337. The van der Waals surface area contributed by atoms with Crippen molar-refractivity contribution < 1.29 is 14.3 Å². The standard InChI is InChI=1S/C23H25N3O3S/c1-3-29-19-11-5-16(6-12-19)7-13-21(27)26-23(30)24-18-10-4-15(2)20(14-18)25-22(28)17-8-9-17/h4-7,10-14,17H,3,8-9H2,1-2H3,(H,25,28)(H2,24,26,27,30)/b13-7+. The van der Waals surface area contributed by atoms with Crippen molar-refractivity contribution in [1.82, 2.24) is 5.32 Å². The van der Waals surface area contributed by atoms with Crippen LogP contribution in [0.15, 0.2) is 48.5 Å². The van der Waals surface area contributed by atoms with Crippen LogP contribution in [0.1, 0.15) is 30.9 Å². The van der Waals surface area contributed by atoms with Gasteiger partial charge in [0.2, 0.25) is 11.8 Å². The molecule has 0 saturated heterocycles. The van der Waals surface area contributed by atoms with Crippen LogP contribution < -0.4 is 20.7 Å². The third-order valence-electron chi connectivity index (χ3n) is 4.56. The van der Waals surface area contributed by atoms with Crippen LogP contribution in [0, 0.1) is 12.8 Å². The second kappa shape index (κ2) is 10.0.